The van der Waals surface area contributed by atoms with E-state index in [0.717, 1.165) is 77.0 Å². The Morgan fingerprint density at radius 1 is 0.750 bits per heavy atom. The zero-order valence-electron chi connectivity index (χ0n) is 33.4. The van der Waals surface area contributed by atoms with Gasteiger partial charge in [-0.15, -0.1) is 0 Å². The highest BCUT2D eigenvalue weighted by Gasteiger charge is 2.62. The minimum absolute atomic E-state index is 0.103. The number of aliphatic hydroxyl groups is 1. The van der Waals surface area contributed by atoms with Crippen molar-refractivity contribution in [2.24, 2.45) is 46.3 Å². The molecule has 0 aromatic carbocycles. The van der Waals surface area contributed by atoms with Gasteiger partial charge in [-0.1, -0.05) is 101 Å². The Kier molecular flexibility index (Phi) is 17.2. The summed E-state index contributed by atoms with van der Waals surface area (Å²) in [5.74, 6) is 3.14. The predicted octanol–water partition coefficient (Wildman–Crippen LogP) is 11.2. The third-order valence-electron chi connectivity index (χ3n) is 14.0. The maximum atomic E-state index is 12.9. The predicted molar refractivity (Wildman–Crippen MR) is 216 cm³/mol. The number of ether oxygens (including phenoxy) is 1. The Morgan fingerprint density at radius 2 is 1.31 bits per heavy atom. The number of rotatable bonds is 19. The van der Waals surface area contributed by atoms with Gasteiger partial charge in [-0.2, -0.15) is 0 Å². The topological polar surface area (TPSA) is 75.6 Å². The van der Waals surface area contributed by atoms with Crippen molar-refractivity contribution in [1.82, 2.24) is 5.32 Å². The molecule has 4 rings (SSSR count). The van der Waals surface area contributed by atoms with Gasteiger partial charge in [0.15, 0.2) is 0 Å². The van der Waals surface area contributed by atoms with Crippen LogP contribution in [0.4, 0.5) is 0 Å². The SMILES string of the molecule is CC/C=C\C/C=C\C/C=C\C/C=C\C/C=C\C/C=C\CCC(=O)N[C@@H]1CC[C@@]2(C)C(C1)C[C@H](O)C1C2CC[C@@]2(C)C1CCC2[C@H](C)CCC(=O)OC. The molecule has 290 valence electrons. The van der Waals surface area contributed by atoms with Gasteiger partial charge in [0, 0.05) is 18.9 Å². The number of carbonyl (C=O) groups is 2. The summed E-state index contributed by atoms with van der Waals surface area (Å²) in [6.45, 7) is 9.52. The number of hydrogen-bond donors (Lipinski definition) is 2. The maximum Gasteiger partial charge on any atom is 0.305 e. The average molecular weight is 716 g/mol. The summed E-state index contributed by atoms with van der Waals surface area (Å²) in [4.78, 5) is 24.8. The minimum Gasteiger partial charge on any atom is -0.469 e. The van der Waals surface area contributed by atoms with E-state index >= 15 is 0 Å². The molecule has 0 saturated heterocycles. The standard InChI is InChI=1S/C47H73NO4/c1-6-7-8-9-10-11-12-13-14-15-16-17-18-19-20-21-22-23-24-25-43(50)48-38-30-32-46(3)37(34-38)35-42(49)45-40-28-27-39(36(2)26-29-44(51)52-5)47(40,4)33-31-41(45)46/h7-8,10-11,13-14,16-17,19-20,22-23,36-42,45,49H,6,9,12,15,18,21,24-35H2,1-5H3,(H,48,50)/b8-7-,11-10-,14-13-,17-16-,20-19-,23-22-/t36-,37?,38-,39?,40?,41?,42+,45?,46+,47-/m1/s1. The zero-order chi connectivity index (χ0) is 37.4. The first-order valence-electron chi connectivity index (χ1n) is 21.1. The van der Waals surface area contributed by atoms with Gasteiger partial charge in [0.2, 0.25) is 5.91 Å². The highest BCUT2D eigenvalue weighted by atomic mass is 16.5. The van der Waals surface area contributed by atoms with Crippen molar-refractivity contribution in [3.63, 3.8) is 0 Å². The van der Waals surface area contributed by atoms with Crippen molar-refractivity contribution < 1.29 is 19.4 Å². The third-order valence-corrected chi connectivity index (χ3v) is 14.0. The molecule has 0 aromatic rings. The number of esters is 1. The average Bonchev–Trinajstić information content (AvgIpc) is 3.49. The van der Waals surface area contributed by atoms with E-state index in [1.165, 1.54) is 32.8 Å². The van der Waals surface area contributed by atoms with Crippen LogP contribution in [0.1, 0.15) is 143 Å². The summed E-state index contributed by atoms with van der Waals surface area (Å²) < 4.78 is 4.93. The number of allylic oxidation sites excluding steroid dienone is 12. The molecule has 2 N–H and O–H groups in total. The molecule has 5 unspecified atom stereocenters. The first kappa shape index (κ1) is 42.1. The van der Waals surface area contributed by atoms with Gasteiger partial charge in [0.25, 0.3) is 0 Å². The van der Waals surface area contributed by atoms with Crippen molar-refractivity contribution in [2.75, 3.05) is 7.11 Å². The lowest BCUT2D eigenvalue weighted by atomic mass is 9.43. The highest BCUT2D eigenvalue weighted by molar-refractivity contribution is 5.76. The van der Waals surface area contributed by atoms with Gasteiger partial charge >= 0.3 is 5.97 Å². The van der Waals surface area contributed by atoms with E-state index < -0.39 is 0 Å². The van der Waals surface area contributed by atoms with Crippen LogP contribution in [0.25, 0.3) is 0 Å². The van der Waals surface area contributed by atoms with E-state index in [1.807, 2.05) is 0 Å². The summed E-state index contributed by atoms with van der Waals surface area (Å²) >= 11 is 0. The Balaban J connectivity index is 1.13. The molecule has 4 aliphatic rings. The number of carbonyl (C=O) groups excluding carboxylic acids is 2. The Labute approximate surface area is 317 Å². The van der Waals surface area contributed by atoms with E-state index in [-0.39, 0.29) is 34.9 Å². The normalized spacial score (nSPS) is 34.1. The molecule has 4 saturated carbocycles. The van der Waals surface area contributed by atoms with E-state index in [4.69, 9.17) is 4.74 Å². The second-order valence-electron chi connectivity index (χ2n) is 17.1. The first-order chi connectivity index (χ1) is 25.1. The summed E-state index contributed by atoms with van der Waals surface area (Å²) in [5, 5.41) is 15.2. The number of amides is 1. The van der Waals surface area contributed by atoms with Crippen LogP contribution in [0, 0.1) is 46.3 Å². The van der Waals surface area contributed by atoms with Gasteiger partial charge in [-0.05, 0) is 149 Å². The van der Waals surface area contributed by atoms with Crippen molar-refractivity contribution in [1.29, 1.82) is 0 Å². The molecular weight excluding hydrogens is 643 g/mol. The van der Waals surface area contributed by atoms with Crippen molar-refractivity contribution >= 4 is 11.9 Å². The lowest BCUT2D eigenvalue weighted by Crippen LogP contribution is -2.59. The molecule has 0 heterocycles. The largest absolute Gasteiger partial charge is 0.469 e. The Bertz CT molecular complexity index is 1290. The first-order valence-corrected chi connectivity index (χ1v) is 21.1. The zero-order valence-corrected chi connectivity index (χ0v) is 33.4. The molecule has 4 fully saturated rings. The fourth-order valence-electron chi connectivity index (χ4n) is 11.1. The third kappa shape index (κ3) is 11.4. The molecule has 5 heteroatoms. The van der Waals surface area contributed by atoms with Crippen molar-refractivity contribution in [3.8, 4) is 0 Å². The molecule has 0 radical (unpaired) electrons. The van der Waals surface area contributed by atoms with Gasteiger partial charge < -0.3 is 15.2 Å². The van der Waals surface area contributed by atoms with Crippen molar-refractivity contribution in [3.05, 3.63) is 72.9 Å². The fraction of sp³-hybridized carbons (Fsp3) is 0.702. The van der Waals surface area contributed by atoms with E-state index in [0.29, 0.717) is 48.3 Å². The molecule has 5 nitrogen and oxygen atoms in total. The summed E-state index contributed by atoms with van der Waals surface area (Å²) in [6, 6.07) is 0.222. The van der Waals surface area contributed by atoms with Gasteiger partial charge in [-0.3, -0.25) is 9.59 Å². The molecule has 52 heavy (non-hydrogen) atoms. The Morgan fingerprint density at radius 3 is 1.90 bits per heavy atom. The van der Waals surface area contributed by atoms with E-state index in [2.05, 4.69) is 106 Å². The maximum absolute atomic E-state index is 12.9. The number of nitrogens with one attached hydrogen (secondary N) is 1. The molecule has 0 aromatic heterocycles. The lowest BCUT2D eigenvalue weighted by molar-refractivity contribution is -0.167. The summed E-state index contributed by atoms with van der Waals surface area (Å²) in [6.07, 6.45) is 43.8. The molecular formula is C47H73NO4. The summed E-state index contributed by atoms with van der Waals surface area (Å²) in [5.41, 5.74) is 0.489. The van der Waals surface area contributed by atoms with Crippen LogP contribution < -0.4 is 5.32 Å². The summed E-state index contributed by atoms with van der Waals surface area (Å²) in [7, 11) is 1.48. The molecule has 10 atom stereocenters. The van der Waals surface area contributed by atoms with Gasteiger partial charge in [0.05, 0.1) is 13.2 Å². The van der Waals surface area contributed by atoms with Crippen LogP contribution in [-0.4, -0.2) is 36.2 Å². The van der Waals surface area contributed by atoms with Gasteiger partial charge in [0.1, 0.15) is 0 Å². The van der Waals surface area contributed by atoms with Gasteiger partial charge in [-0.25, -0.2) is 0 Å². The van der Waals surface area contributed by atoms with Crippen LogP contribution in [0.3, 0.4) is 0 Å². The second-order valence-corrected chi connectivity index (χ2v) is 17.1. The van der Waals surface area contributed by atoms with Crippen LogP contribution in [0.15, 0.2) is 72.9 Å². The number of aliphatic hydroxyl groups excluding tert-OH is 1. The quantitative estimate of drug-likeness (QED) is 0.103. The molecule has 0 bridgehead atoms. The highest BCUT2D eigenvalue weighted by Crippen LogP contribution is 2.68. The van der Waals surface area contributed by atoms with Crippen molar-refractivity contribution in [2.45, 2.75) is 155 Å². The fourth-order valence-corrected chi connectivity index (χ4v) is 11.1. The number of fused-ring (bicyclic) bond motifs is 5. The molecule has 0 aliphatic heterocycles. The minimum atomic E-state index is -0.251. The molecule has 1 amide bonds. The molecule has 4 aliphatic carbocycles. The smallest absolute Gasteiger partial charge is 0.305 e. The number of methoxy groups -OCH3 is 1. The Hall–Kier alpha value is -2.66. The van der Waals surface area contributed by atoms with Crippen LogP contribution in [0.5, 0.6) is 0 Å². The van der Waals surface area contributed by atoms with Crippen LogP contribution in [-0.2, 0) is 14.3 Å². The second kappa shape index (κ2) is 21.3. The van der Waals surface area contributed by atoms with E-state index in [1.54, 1.807) is 0 Å². The number of hydrogen-bond acceptors (Lipinski definition) is 4. The van der Waals surface area contributed by atoms with Crippen LogP contribution in [0.2, 0.25) is 0 Å². The van der Waals surface area contributed by atoms with E-state index in [9.17, 15) is 14.7 Å². The molecule has 0 spiro atoms. The lowest BCUT2D eigenvalue weighted by Gasteiger charge is -2.62. The monoisotopic (exact) mass is 716 g/mol. The van der Waals surface area contributed by atoms with Crippen LogP contribution >= 0.6 is 0 Å².